The highest BCUT2D eigenvalue weighted by atomic mass is 35.5. The van der Waals surface area contributed by atoms with Crippen LogP contribution in [0.2, 0.25) is 5.02 Å². The van der Waals surface area contributed by atoms with Gasteiger partial charge in [-0.05, 0) is 42.7 Å². The first-order valence-corrected chi connectivity index (χ1v) is 10.3. The van der Waals surface area contributed by atoms with Gasteiger partial charge in [-0.1, -0.05) is 25.4 Å². The maximum Gasteiger partial charge on any atom is 0.255 e. The van der Waals surface area contributed by atoms with E-state index in [0.717, 1.165) is 6.42 Å². The van der Waals surface area contributed by atoms with E-state index in [1.54, 1.807) is 38.4 Å². The molecule has 0 heterocycles. The number of hydrogen-bond acceptors (Lipinski definition) is 5. The molecule has 1 N–H and O–H groups in total. The van der Waals surface area contributed by atoms with Gasteiger partial charge in [0.1, 0.15) is 5.75 Å². The minimum Gasteiger partial charge on any atom is -0.495 e. The van der Waals surface area contributed by atoms with Gasteiger partial charge in [0.25, 0.3) is 11.8 Å². The van der Waals surface area contributed by atoms with E-state index >= 15 is 0 Å². The molecule has 0 saturated carbocycles. The largest absolute Gasteiger partial charge is 0.495 e. The molecular formula is C23H29ClN2O5. The molecule has 0 bridgehead atoms. The zero-order valence-electron chi connectivity index (χ0n) is 18.7. The molecule has 31 heavy (non-hydrogen) atoms. The molecule has 0 fully saturated rings. The van der Waals surface area contributed by atoms with Crippen molar-refractivity contribution in [3.63, 3.8) is 0 Å². The van der Waals surface area contributed by atoms with Crippen LogP contribution in [-0.4, -0.2) is 51.6 Å². The molecular weight excluding hydrogens is 420 g/mol. The first kappa shape index (κ1) is 24.3. The van der Waals surface area contributed by atoms with Gasteiger partial charge in [-0.25, -0.2) is 0 Å². The van der Waals surface area contributed by atoms with Crippen LogP contribution in [0.3, 0.4) is 0 Å². The Bertz CT molecular complexity index is 944. The maximum absolute atomic E-state index is 12.9. The van der Waals surface area contributed by atoms with Crippen molar-refractivity contribution in [2.75, 3.05) is 40.2 Å². The van der Waals surface area contributed by atoms with Gasteiger partial charge in [-0.3, -0.25) is 9.59 Å². The predicted molar refractivity (Wildman–Crippen MR) is 122 cm³/mol. The molecule has 0 aliphatic carbocycles. The van der Waals surface area contributed by atoms with Crippen LogP contribution in [0.25, 0.3) is 0 Å². The number of benzene rings is 2. The van der Waals surface area contributed by atoms with Gasteiger partial charge in [0.15, 0.2) is 11.5 Å². The lowest BCUT2D eigenvalue weighted by Crippen LogP contribution is -2.22. The van der Waals surface area contributed by atoms with Crippen LogP contribution in [0.15, 0.2) is 30.3 Å². The Labute approximate surface area is 188 Å². The van der Waals surface area contributed by atoms with Crippen LogP contribution in [0.5, 0.6) is 17.2 Å². The van der Waals surface area contributed by atoms with E-state index in [1.807, 2.05) is 0 Å². The highest BCUT2D eigenvalue weighted by molar-refractivity contribution is 6.32. The number of nitrogens with zero attached hydrogens (tertiary/aromatic N) is 1. The van der Waals surface area contributed by atoms with Gasteiger partial charge >= 0.3 is 0 Å². The van der Waals surface area contributed by atoms with E-state index in [1.165, 1.54) is 25.2 Å². The summed E-state index contributed by atoms with van der Waals surface area (Å²) < 4.78 is 16.5. The van der Waals surface area contributed by atoms with Gasteiger partial charge in [-0.2, -0.15) is 0 Å². The number of anilines is 1. The third-order valence-corrected chi connectivity index (χ3v) is 4.81. The summed E-state index contributed by atoms with van der Waals surface area (Å²) in [7, 11) is 6.29. The lowest BCUT2D eigenvalue weighted by Gasteiger charge is -2.16. The fourth-order valence-corrected chi connectivity index (χ4v) is 3.04. The summed E-state index contributed by atoms with van der Waals surface area (Å²) >= 11 is 6.38. The Hall–Kier alpha value is -2.93. The number of carbonyl (C=O) groups excluding carboxylic acids is 2. The summed E-state index contributed by atoms with van der Waals surface area (Å²) in [6.07, 6.45) is 0.865. The third kappa shape index (κ3) is 6.28. The molecule has 0 aliphatic heterocycles. The predicted octanol–water partition coefficient (Wildman–Crippen LogP) is 4.74. The molecule has 8 heteroatoms. The topological polar surface area (TPSA) is 77.1 Å². The molecule has 0 aromatic heterocycles. The van der Waals surface area contributed by atoms with Gasteiger partial charge in [-0.15, -0.1) is 0 Å². The van der Waals surface area contributed by atoms with E-state index in [-0.39, 0.29) is 16.5 Å². The molecule has 0 unspecified atom stereocenters. The molecule has 2 amide bonds. The van der Waals surface area contributed by atoms with Crippen molar-refractivity contribution in [2.45, 2.75) is 20.3 Å². The second kappa shape index (κ2) is 10.9. The van der Waals surface area contributed by atoms with Crippen LogP contribution in [0.1, 0.15) is 41.0 Å². The lowest BCUT2D eigenvalue weighted by molar-refractivity contribution is 0.0827. The monoisotopic (exact) mass is 448 g/mol. The Kier molecular flexibility index (Phi) is 8.56. The van der Waals surface area contributed by atoms with Crippen LogP contribution in [0, 0.1) is 5.92 Å². The zero-order valence-corrected chi connectivity index (χ0v) is 19.5. The Morgan fingerprint density at radius 2 is 1.71 bits per heavy atom. The highest BCUT2D eigenvalue weighted by Crippen LogP contribution is 2.37. The lowest BCUT2D eigenvalue weighted by atomic mass is 10.1. The van der Waals surface area contributed by atoms with Crippen LogP contribution < -0.4 is 19.5 Å². The summed E-state index contributed by atoms with van der Waals surface area (Å²) in [4.78, 5) is 26.6. The Balaban J connectivity index is 2.30. The van der Waals surface area contributed by atoms with Crippen LogP contribution >= 0.6 is 11.6 Å². The Morgan fingerprint density at radius 1 is 1.03 bits per heavy atom. The smallest absolute Gasteiger partial charge is 0.255 e. The molecule has 0 atom stereocenters. The minimum absolute atomic E-state index is 0.189. The van der Waals surface area contributed by atoms with E-state index in [2.05, 4.69) is 19.2 Å². The molecule has 2 aromatic rings. The van der Waals surface area contributed by atoms with Crippen molar-refractivity contribution >= 4 is 29.1 Å². The quantitative estimate of drug-likeness (QED) is 0.599. The average Bonchev–Trinajstić information content (AvgIpc) is 2.73. The molecule has 0 saturated heterocycles. The maximum atomic E-state index is 12.9. The molecule has 168 valence electrons. The van der Waals surface area contributed by atoms with Gasteiger partial charge < -0.3 is 24.4 Å². The number of carbonyl (C=O) groups is 2. The molecule has 0 spiro atoms. The minimum atomic E-state index is -0.429. The third-order valence-electron chi connectivity index (χ3n) is 4.53. The number of halogens is 1. The standard InChI is InChI=1S/C23H29ClN2O5/c1-14(2)9-10-31-21-17(24)11-16(13-20(21)30-6)22(27)25-18-12-15(23(28)26(3)4)7-8-19(18)29-5/h7-8,11-14H,9-10H2,1-6H3,(H,25,27). The second-order valence-corrected chi connectivity index (χ2v) is 8.00. The summed E-state index contributed by atoms with van der Waals surface area (Å²) in [5, 5.41) is 3.05. The van der Waals surface area contributed by atoms with Crippen molar-refractivity contribution in [1.82, 2.24) is 4.90 Å². The summed E-state index contributed by atoms with van der Waals surface area (Å²) in [5.41, 5.74) is 1.07. The van der Waals surface area contributed by atoms with Crippen molar-refractivity contribution in [3.05, 3.63) is 46.5 Å². The van der Waals surface area contributed by atoms with Gasteiger partial charge in [0, 0.05) is 25.2 Å². The van der Waals surface area contributed by atoms with E-state index in [4.69, 9.17) is 25.8 Å². The zero-order chi connectivity index (χ0) is 23.1. The number of ether oxygens (including phenoxy) is 3. The number of hydrogen-bond donors (Lipinski definition) is 1. The number of rotatable bonds is 9. The summed E-state index contributed by atoms with van der Waals surface area (Å²) in [5.74, 6) is 1.06. The molecule has 2 rings (SSSR count). The number of methoxy groups -OCH3 is 2. The first-order valence-electron chi connectivity index (χ1n) is 9.89. The molecule has 0 radical (unpaired) electrons. The number of amides is 2. The summed E-state index contributed by atoms with van der Waals surface area (Å²) in [6.45, 7) is 4.69. The Morgan fingerprint density at radius 3 is 2.29 bits per heavy atom. The SMILES string of the molecule is COc1ccc(C(=O)N(C)C)cc1NC(=O)c1cc(Cl)c(OCCC(C)C)c(OC)c1. The highest BCUT2D eigenvalue weighted by Gasteiger charge is 2.19. The van der Waals surface area contributed by atoms with E-state index in [0.29, 0.717) is 41.0 Å². The molecule has 0 aliphatic rings. The fourth-order valence-electron chi connectivity index (χ4n) is 2.78. The van der Waals surface area contributed by atoms with Crippen molar-refractivity contribution in [3.8, 4) is 17.2 Å². The average molecular weight is 449 g/mol. The number of nitrogens with one attached hydrogen (secondary N) is 1. The summed E-state index contributed by atoms with van der Waals surface area (Å²) in [6, 6.07) is 7.92. The van der Waals surface area contributed by atoms with Crippen molar-refractivity contribution < 1.29 is 23.8 Å². The van der Waals surface area contributed by atoms with Crippen LogP contribution in [-0.2, 0) is 0 Å². The fraction of sp³-hybridized carbons (Fsp3) is 0.391. The van der Waals surface area contributed by atoms with Gasteiger partial charge in [0.05, 0.1) is 31.5 Å². The molecule has 7 nitrogen and oxygen atoms in total. The van der Waals surface area contributed by atoms with Crippen LogP contribution in [0.4, 0.5) is 5.69 Å². The van der Waals surface area contributed by atoms with Crippen molar-refractivity contribution in [1.29, 1.82) is 0 Å². The first-order chi connectivity index (χ1) is 14.7. The van der Waals surface area contributed by atoms with E-state index < -0.39 is 5.91 Å². The van der Waals surface area contributed by atoms with E-state index in [9.17, 15) is 9.59 Å². The second-order valence-electron chi connectivity index (χ2n) is 7.59. The molecule has 2 aromatic carbocycles. The van der Waals surface area contributed by atoms with Gasteiger partial charge in [0.2, 0.25) is 0 Å². The normalized spacial score (nSPS) is 10.6. The van der Waals surface area contributed by atoms with Crippen molar-refractivity contribution in [2.24, 2.45) is 5.92 Å².